The molecule has 3 rings (SSSR count). The zero-order valence-corrected chi connectivity index (χ0v) is 16.4. The first-order valence-corrected chi connectivity index (χ1v) is 9.24. The van der Waals surface area contributed by atoms with E-state index in [1.54, 1.807) is 12.1 Å². The molecule has 2 aromatic carbocycles. The SMILES string of the molecule is Cc1nn(-c2ccccc2)c(C)c1CN(C)CC(=O)NCc1ccc(F)cc1. The van der Waals surface area contributed by atoms with Crippen molar-refractivity contribution in [1.29, 1.82) is 0 Å². The topological polar surface area (TPSA) is 50.2 Å². The van der Waals surface area contributed by atoms with Crippen LogP contribution < -0.4 is 5.32 Å². The van der Waals surface area contributed by atoms with Crippen molar-refractivity contribution in [3.63, 3.8) is 0 Å². The molecule has 6 heteroatoms. The third-order valence-corrected chi connectivity index (χ3v) is 4.69. The zero-order chi connectivity index (χ0) is 20.1. The maximum Gasteiger partial charge on any atom is 0.234 e. The number of halogens is 1. The Labute approximate surface area is 164 Å². The first-order chi connectivity index (χ1) is 13.4. The van der Waals surface area contributed by atoms with Crippen LogP contribution in [0.3, 0.4) is 0 Å². The molecule has 28 heavy (non-hydrogen) atoms. The van der Waals surface area contributed by atoms with E-state index >= 15 is 0 Å². The highest BCUT2D eigenvalue weighted by atomic mass is 19.1. The molecule has 0 aliphatic heterocycles. The number of rotatable bonds is 7. The van der Waals surface area contributed by atoms with Gasteiger partial charge in [-0.25, -0.2) is 9.07 Å². The average Bonchev–Trinajstić information content (AvgIpc) is 2.96. The molecule has 1 amide bonds. The quantitative estimate of drug-likeness (QED) is 0.684. The minimum absolute atomic E-state index is 0.0717. The van der Waals surface area contributed by atoms with Crippen LogP contribution in [-0.4, -0.2) is 34.2 Å². The number of carbonyl (C=O) groups excluding carboxylic acids is 1. The van der Waals surface area contributed by atoms with E-state index in [0.29, 0.717) is 13.1 Å². The van der Waals surface area contributed by atoms with Gasteiger partial charge in [0, 0.05) is 24.3 Å². The summed E-state index contributed by atoms with van der Waals surface area (Å²) in [5.74, 6) is -0.353. The predicted molar refractivity (Wildman–Crippen MR) is 108 cm³/mol. The van der Waals surface area contributed by atoms with Gasteiger partial charge in [0.05, 0.1) is 17.9 Å². The number of nitrogens with zero attached hydrogens (tertiary/aromatic N) is 3. The van der Waals surface area contributed by atoms with Gasteiger partial charge in [0.15, 0.2) is 0 Å². The molecular formula is C22H25FN4O. The van der Waals surface area contributed by atoms with Gasteiger partial charge >= 0.3 is 0 Å². The Morgan fingerprint density at radius 1 is 1.11 bits per heavy atom. The molecule has 0 aliphatic carbocycles. The first kappa shape index (κ1) is 19.8. The number of hydrogen-bond donors (Lipinski definition) is 1. The van der Waals surface area contributed by atoms with Crippen molar-refractivity contribution in [1.82, 2.24) is 20.0 Å². The van der Waals surface area contributed by atoms with Gasteiger partial charge in [0.25, 0.3) is 0 Å². The smallest absolute Gasteiger partial charge is 0.234 e. The lowest BCUT2D eigenvalue weighted by Crippen LogP contribution is -2.34. The standard InChI is InChI=1S/C22H25FN4O/c1-16-21(17(2)27(25-16)20-7-5-4-6-8-20)14-26(3)15-22(28)24-13-18-9-11-19(23)12-10-18/h4-12H,13-15H2,1-3H3,(H,24,28). The second-order valence-electron chi connectivity index (χ2n) is 6.97. The van der Waals surface area contributed by atoms with Gasteiger partial charge in [-0.2, -0.15) is 5.10 Å². The number of benzene rings is 2. The van der Waals surface area contributed by atoms with Crippen LogP contribution in [0, 0.1) is 19.7 Å². The van der Waals surface area contributed by atoms with Crippen LogP contribution in [0.15, 0.2) is 54.6 Å². The fraction of sp³-hybridized carbons (Fsp3) is 0.273. The Balaban J connectivity index is 1.58. The van der Waals surface area contributed by atoms with Gasteiger partial charge in [0.1, 0.15) is 5.82 Å². The van der Waals surface area contributed by atoms with Gasteiger partial charge in [-0.3, -0.25) is 9.69 Å². The molecule has 1 heterocycles. The van der Waals surface area contributed by atoms with Crippen LogP contribution in [0.2, 0.25) is 0 Å². The average molecular weight is 380 g/mol. The normalized spacial score (nSPS) is 11.0. The third kappa shape index (κ3) is 4.84. The molecule has 0 radical (unpaired) electrons. The lowest BCUT2D eigenvalue weighted by Gasteiger charge is -2.17. The Bertz CT molecular complexity index is 935. The van der Waals surface area contributed by atoms with E-state index in [9.17, 15) is 9.18 Å². The summed E-state index contributed by atoms with van der Waals surface area (Å²) < 4.78 is 14.9. The van der Waals surface area contributed by atoms with Gasteiger partial charge in [0.2, 0.25) is 5.91 Å². The van der Waals surface area contributed by atoms with Crippen molar-refractivity contribution in [3.8, 4) is 5.69 Å². The minimum Gasteiger partial charge on any atom is -0.351 e. The minimum atomic E-state index is -0.281. The number of amides is 1. The molecule has 3 aromatic rings. The van der Waals surface area contributed by atoms with Crippen molar-refractivity contribution >= 4 is 5.91 Å². The van der Waals surface area contributed by atoms with E-state index in [1.165, 1.54) is 12.1 Å². The number of aromatic nitrogens is 2. The molecule has 1 aromatic heterocycles. The fourth-order valence-corrected chi connectivity index (χ4v) is 3.15. The zero-order valence-electron chi connectivity index (χ0n) is 16.4. The summed E-state index contributed by atoms with van der Waals surface area (Å²) in [4.78, 5) is 14.2. The van der Waals surface area contributed by atoms with E-state index in [1.807, 2.05) is 60.8 Å². The number of para-hydroxylation sites is 1. The van der Waals surface area contributed by atoms with Crippen molar-refractivity contribution in [3.05, 3.63) is 82.9 Å². The van der Waals surface area contributed by atoms with E-state index in [2.05, 4.69) is 10.4 Å². The van der Waals surface area contributed by atoms with Crippen LogP contribution in [-0.2, 0) is 17.9 Å². The predicted octanol–water partition coefficient (Wildman–Crippen LogP) is 3.38. The molecule has 0 saturated heterocycles. The monoisotopic (exact) mass is 380 g/mol. The number of nitrogens with one attached hydrogen (secondary N) is 1. The van der Waals surface area contributed by atoms with Gasteiger partial charge < -0.3 is 5.32 Å². The summed E-state index contributed by atoms with van der Waals surface area (Å²) in [5.41, 5.74) is 5.04. The molecule has 0 spiro atoms. The molecule has 0 unspecified atom stereocenters. The van der Waals surface area contributed by atoms with Crippen molar-refractivity contribution in [2.75, 3.05) is 13.6 Å². The molecule has 1 N–H and O–H groups in total. The molecule has 5 nitrogen and oxygen atoms in total. The Kier molecular flexibility index (Phi) is 6.21. The molecule has 0 fully saturated rings. The summed E-state index contributed by atoms with van der Waals surface area (Å²) in [6.45, 7) is 5.33. The summed E-state index contributed by atoms with van der Waals surface area (Å²) in [7, 11) is 1.91. The van der Waals surface area contributed by atoms with Crippen molar-refractivity contribution in [2.45, 2.75) is 26.9 Å². The number of hydrogen-bond acceptors (Lipinski definition) is 3. The van der Waals surface area contributed by atoms with Crippen molar-refractivity contribution in [2.24, 2.45) is 0 Å². The third-order valence-electron chi connectivity index (χ3n) is 4.69. The number of likely N-dealkylation sites (N-methyl/N-ethyl adjacent to an activating group) is 1. The van der Waals surface area contributed by atoms with Crippen LogP contribution in [0.25, 0.3) is 5.69 Å². The van der Waals surface area contributed by atoms with Crippen molar-refractivity contribution < 1.29 is 9.18 Å². The highest BCUT2D eigenvalue weighted by molar-refractivity contribution is 5.77. The van der Waals surface area contributed by atoms with Crippen LogP contribution in [0.5, 0.6) is 0 Å². The van der Waals surface area contributed by atoms with Crippen LogP contribution in [0.4, 0.5) is 4.39 Å². The summed E-state index contributed by atoms with van der Waals surface area (Å²) >= 11 is 0. The molecule has 146 valence electrons. The maximum absolute atomic E-state index is 12.9. The summed E-state index contributed by atoms with van der Waals surface area (Å²) in [5, 5.41) is 7.53. The molecular weight excluding hydrogens is 355 g/mol. The number of aryl methyl sites for hydroxylation is 1. The lowest BCUT2D eigenvalue weighted by atomic mass is 10.2. The van der Waals surface area contributed by atoms with E-state index in [0.717, 1.165) is 28.2 Å². The molecule has 0 bridgehead atoms. The van der Waals surface area contributed by atoms with E-state index in [-0.39, 0.29) is 18.3 Å². The first-order valence-electron chi connectivity index (χ1n) is 9.24. The van der Waals surface area contributed by atoms with Gasteiger partial charge in [-0.05, 0) is 50.7 Å². The lowest BCUT2D eigenvalue weighted by molar-refractivity contribution is -0.122. The molecule has 0 aliphatic rings. The van der Waals surface area contributed by atoms with E-state index in [4.69, 9.17) is 0 Å². The second-order valence-corrected chi connectivity index (χ2v) is 6.97. The summed E-state index contributed by atoms with van der Waals surface area (Å²) in [6, 6.07) is 16.1. The Hall–Kier alpha value is -2.99. The largest absolute Gasteiger partial charge is 0.351 e. The highest BCUT2D eigenvalue weighted by Crippen LogP contribution is 2.19. The Morgan fingerprint density at radius 2 is 1.79 bits per heavy atom. The summed E-state index contributed by atoms with van der Waals surface area (Å²) in [6.07, 6.45) is 0. The number of carbonyl (C=O) groups is 1. The maximum atomic E-state index is 12.9. The Morgan fingerprint density at radius 3 is 2.46 bits per heavy atom. The molecule has 0 saturated carbocycles. The molecule has 0 atom stereocenters. The van der Waals surface area contributed by atoms with E-state index < -0.39 is 0 Å². The van der Waals surface area contributed by atoms with Gasteiger partial charge in [-0.15, -0.1) is 0 Å². The van der Waals surface area contributed by atoms with Gasteiger partial charge in [-0.1, -0.05) is 30.3 Å². The van der Waals surface area contributed by atoms with Crippen LogP contribution in [0.1, 0.15) is 22.5 Å². The van der Waals surface area contributed by atoms with Crippen LogP contribution >= 0.6 is 0 Å². The fourth-order valence-electron chi connectivity index (χ4n) is 3.15. The second kappa shape index (κ2) is 8.80. The highest BCUT2D eigenvalue weighted by Gasteiger charge is 2.15.